The molecule has 3 rings (SSSR count). The number of aliphatic carboxylic acids is 1. The van der Waals surface area contributed by atoms with E-state index in [9.17, 15) is 9.59 Å². The van der Waals surface area contributed by atoms with Crippen molar-refractivity contribution in [2.24, 2.45) is 0 Å². The van der Waals surface area contributed by atoms with Crippen molar-refractivity contribution in [3.05, 3.63) is 40.2 Å². The average Bonchev–Trinajstić information content (AvgIpc) is 3.27. The van der Waals surface area contributed by atoms with E-state index >= 15 is 0 Å². The Balaban J connectivity index is 1.56. The van der Waals surface area contributed by atoms with Crippen LogP contribution in [0.3, 0.4) is 0 Å². The molecule has 0 saturated heterocycles. The van der Waals surface area contributed by atoms with Crippen molar-refractivity contribution in [1.82, 2.24) is 25.3 Å². The van der Waals surface area contributed by atoms with E-state index in [1.807, 2.05) is 16.8 Å². The van der Waals surface area contributed by atoms with Crippen LogP contribution in [0.1, 0.15) is 17.1 Å². The lowest BCUT2D eigenvalue weighted by molar-refractivity contribution is -0.138. The number of hydrogen-bond donors (Lipinski definition) is 2. The predicted molar refractivity (Wildman–Crippen MR) is 87.8 cm³/mol. The van der Waals surface area contributed by atoms with Gasteiger partial charge in [0.2, 0.25) is 11.8 Å². The number of carbonyl (C=O) groups is 2. The number of carboxylic acids is 1. The first kappa shape index (κ1) is 16.8. The summed E-state index contributed by atoms with van der Waals surface area (Å²) in [4.78, 5) is 27.0. The second-order valence-corrected chi connectivity index (χ2v) is 6.07. The number of nitrogens with zero attached hydrogens (tertiary/aromatic N) is 4. The van der Waals surface area contributed by atoms with E-state index in [-0.39, 0.29) is 25.4 Å². The lowest BCUT2D eigenvalue weighted by Crippen LogP contribution is -2.25. The van der Waals surface area contributed by atoms with Crippen LogP contribution in [0.25, 0.3) is 11.5 Å². The fraction of sp³-hybridized carbons (Fsp3) is 0.267. The van der Waals surface area contributed by atoms with Crippen molar-refractivity contribution < 1.29 is 19.1 Å². The minimum absolute atomic E-state index is 0.0860. The van der Waals surface area contributed by atoms with Crippen LogP contribution < -0.4 is 5.32 Å². The van der Waals surface area contributed by atoms with Crippen LogP contribution in [0.15, 0.2) is 27.4 Å². The molecule has 0 atom stereocenters. The zero-order valence-electron chi connectivity index (χ0n) is 13.3. The number of oxazole rings is 1. The smallest absolute Gasteiger partial charge is 0.325 e. The molecule has 0 aliphatic rings. The van der Waals surface area contributed by atoms with E-state index < -0.39 is 5.97 Å². The van der Waals surface area contributed by atoms with Crippen molar-refractivity contribution in [2.45, 2.75) is 26.4 Å². The zero-order chi connectivity index (χ0) is 17.8. The van der Waals surface area contributed by atoms with Gasteiger partial charge < -0.3 is 14.8 Å². The van der Waals surface area contributed by atoms with Gasteiger partial charge in [0.15, 0.2) is 0 Å². The SMILES string of the molecule is Cc1oc(-c2ccsc2)nc1CC(=O)NCc1cn(CC(=O)O)nn1. The largest absolute Gasteiger partial charge is 0.480 e. The molecule has 0 fully saturated rings. The topological polar surface area (TPSA) is 123 Å². The van der Waals surface area contributed by atoms with Crippen molar-refractivity contribution in [3.63, 3.8) is 0 Å². The third-order valence-electron chi connectivity index (χ3n) is 3.34. The van der Waals surface area contributed by atoms with Gasteiger partial charge in [-0.05, 0) is 18.4 Å². The Bertz CT molecular complexity index is 884. The van der Waals surface area contributed by atoms with Gasteiger partial charge in [0, 0.05) is 10.9 Å². The number of aromatic nitrogens is 4. The summed E-state index contributed by atoms with van der Waals surface area (Å²) in [6, 6.07) is 1.90. The highest BCUT2D eigenvalue weighted by atomic mass is 32.1. The van der Waals surface area contributed by atoms with Crippen molar-refractivity contribution >= 4 is 23.2 Å². The molecule has 3 aromatic rings. The molecule has 3 aromatic heterocycles. The Hall–Kier alpha value is -3.01. The molecule has 0 aliphatic carbocycles. The van der Waals surface area contributed by atoms with Crippen molar-refractivity contribution in [3.8, 4) is 11.5 Å². The summed E-state index contributed by atoms with van der Waals surface area (Å²) < 4.78 is 6.79. The van der Waals surface area contributed by atoms with Gasteiger partial charge in [-0.25, -0.2) is 9.67 Å². The summed E-state index contributed by atoms with van der Waals surface area (Å²) in [7, 11) is 0. The average molecular weight is 361 g/mol. The van der Waals surface area contributed by atoms with Crippen molar-refractivity contribution in [2.75, 3.05) is 0 Å². The summed E-state index contributed by atoms with van der Waals surface area (Å²) in [5, 5.41) is 22.7. The molecule has 0 spiro atoms. The number of amides is 1. The first-order valence-electron chi connectivity index (χ1n) is 7.37. The van der Waals surface area contributed by atoms with Crippen LogP contribution >= 0.6 is 11.3 Å². The first-order valence-corrected chi connectivity index (χ1v) is 8.32. The molecule has 0 saturated carbocycles. The Morgan fingerprint density at radius 3 is 3.00 bits per heavy atom. The molecular formula is C15H15N5O4S. The highest BCUT2D eigenvalue weighted by Gasteiger charge is 2.15. The lowest BCUT2D eigenvalue weighted by atomic mass is 10.2. The van der Waals surface area contributed by atoms with Crippen LogP contribution in [0, 0.1) is 6.92 Å². The molecule has 9 nitrogen and oxygen atoms in total. The standard InChI is InChI=1S/C15H15N5O4S/c1-9-12(17-15(24-9)10-2-3-25-8-10)4-13(21)16-5-11-6-20(19-18-11)7-14(22)23/h2-3,6,8H,4-5,7H2,1H3,(H,16,21)(H,22,23). The van der Waals surface area contributed by atoms with Gasteiger partial charge >= 0.3 is 5.97 Å². The number of aryl methyl sites for hydroxylation is 1. The van der Waals surface area contributed by atoms with Gasteiger partial charge in [-0.1, -0.05) is 5.21 Å². The quantitative estimate of drug-likeness (QED) is 0.649. The highest BCUT2D eigenvalue weighted by molar-refractivity contribution is 7.08. The van der Waals surface area contributed by atoms with Crippen LogP contribution in [0.5, 0.6) is 0 Å². The molecular weight excluding hydrogens is 346 g/mol. The molecule has 0 radical (unpaired) electrons. The monoisotopic (exact) mass is 361 g/mol. The fourth-order valence-electron chi connectivity index (χ4n) is 2.14. The highest BCUT2D eigenvalue weighted by Crippen LogP contribution is 2.23. The number of thiophene rings is 1. The molecule has 25 heavy (non-hydrogen) atoms. The van der Waals surface area contributed by atoms with E-state index in [1.165, 1.54) is 10.9 Å². The van der Waals surface area contributed by atoms with Crippen molar-refractivity contribution in [1.29, 1.82) is 0 Å². The number of rotatable bonds is 7. The summed E-state index contributed by atoms with van der Waals surface area (Å²) in [5.41, 5.74) is 1.94. The minimum Gasteiger partial charge on any atom is -0.480 e. The molecule has 0 aliphatic heterocycles. The molecule has 10 heteroatoms. The summed E-state index contributed by atoms with van der Waals surface area (Å²) in [6.07, 6.45) is 1.56. The predicted octanol–water partition coefficient (Wildman–Crippen LogP) is 1.25. The third-order valence-corrected chi connectivity index (χ3v) is 4.02. The molecule has 0 bridgehead atoms. The zero-order valence-corrected chi connectivity index (χ0v) is 14.1. The van der Waals surface area contributed by atoms with Gasteiger partial charge in [0.1, 0.15) is 18.0 Å². The van der Waals surface area contributed by atoms with Gasteiger partial charge in [-0.15, -0.1) is 5.10 Å². The first-order chi connectivity index (χ1) is 12.0. The number of hydrogen-bond acceptors (Lipinski definition) is 7. The molecule has 130 valence electrons. The van der Waals surface area contributed by atoms with E-state index in [1.54, 1.807) is 18.3 Å². The molecule has 0 aromatic carbocycles. The molecule has 3 heterocycles. The number of carboxylic acid groups (broad SMARTS) is 1. The van der Waals surface area contributed by atoms with E-state index in [2.05, 4.69) is 20.6 Å². The van der Waals surface area contributed by atoms with E-state index in [0.717, 1.165) is 5.56 Å². The lowest BCUT2D eigenvalue weighted by Gasteiger charge is -2.01. The molecule has 2 N–H and O–H groups in total. The summed E-state index contributed by atoms with van der Waals surface area (Å²) in [6.45, 7) is 1.65. The van der Waals surface area contributed by atoms with Gasteiger partial charge in [0.05, 0.1) is 24.9 Å². The third kappa shape index (κ3) is 4.29. The van der Waals surface area contributed by atoms with Crippen LogP contribution in [0.2, 0.25) is 0 Å². The Morgan fingerprint density at radius 2 is 2.28 bits per heavy atom. The summed E-state index contributed by atoms with van der Waals surface area (Å²) in [5.74, 6) is -0.147. The Morgan fingerprint density at radius 1 is 1.44 bits per heavy atom. The fourth-order valence-corrected chi connectivity index (χ4v) is 2.77. The van der Waals surface area contributed by atoms with Crippen LogP contribution in [-0.4, -0.2) is 37.0 Å². The maximum Gasteiger partial charge on any atom is 0.325 e. The maximum atomic E-state index is 12.1. The normalized spacial score (nSPS) is 10.8. The van der Waals surface area contributed by atoms with Crippen LogP contribution in [0.4, 0.5) is 0 Å². The Kier molecular flexibility index (Phi) is 4.89. The number of nitrogens with one attached hydrogen (secondary N) is 1. The van der Waals surface area contributed by atoms with E-state index in [0.29, 0.717) is 23.0 Å². The van der Waals surface area contributed by atoms with Gasteiger partial charge in [-0.3, -0.25) is 9.59 Å². The maximum absolute atomic E-state index is 12.1. The second-order valence-electron chi connectivity index (χ2n) is 5.29. The molecule has 0 unspecified atom stereocenters. The minimum atomic E-state index is -1.01. The molecule has 1 amide bonds. The van der Waals surface area contributed by atoms with Crippen LogP contribution in [-0.2, 0) is 29.1 Å². The second kappa shape index (κ2) is 7.26. The summed E-state index contributed by atoms with van der Waals surface area (Å²) >= 11 is 1.54. The van der Waals surface area contributed by atoms with Gasteiger partial charge in [0.25, 0.3) is 0 Å². The van der Waals surface area contributed by atoms with Gasteiger partial charge in [-0.2, -0.15) is 11.3 Å². The number of carbonyl (C=O) groups excluding carboxylic acids is 1. The Labute approximate surface area is 146 Å². The van der Waals surface area contributed by atoms with E-state index in [4.69, 9.17) is 9.52 Å².